The van der Waals surface area contributed by atoms with E-state index < -0.39 is 22.7 Å². The van der Waals surface area contributed by atoms with Crippen molar-refractivity contribution in [2.75, 3.05) is 0 Å². The summed E-state index contributed by atoms with van der Waals surface area (Å²) in [5.74, 6) is 0. The van der Waals surface area contributed by atoms with E-state index >= 15 is 0 Å². The summed E-state index contributed by atoms with van der Waals surface area (Å²) in [6.45, 7) is 0. The fourth-order valence-corrected chi connectivity index (χ4v) is 1.52. The van der Waals surface area contributed by atoms with Gasteiger partial charge in [0.15, 0.2) is 0 Å². The Hall–Kier alpha value is -0.590. The quantitative estimate of drug-likeness (QED) is 0.647. The second-order valence-corrected chi connectivity index (χ2v) is 4.12. The molecule has 17 heavy (non-hydrogen) atoms. The average Bonchev–Trinajstić information content (AvgIpc) is 2.14. The predicted molar refractivity (Wildman–Crippen MR) is 52.2 cm³/mol. The van der Waals surface area contributed by atoms with E-state index in [1.807, 2.05) is 0 Å². The summed E-state index contributed by atoms with van der Waals surface area (Å²) in [6, 6.07) is 3.14. The molecule has 0 aliphatic carbocycles. The zero-order valence-corrected chi connectivity index (χ0v) is 9.41. The van der Waals surface area contributed by atoms with Crippen LogP contribution in [0.4, 0.5) is 22.0 Å². The first-order valence-corrected chi connectivity index (χ1v) is 4.87. The summed E-state index contributed by atoms with van der Waals surface area (Å²) in [5, 5.41) is 4.33. The van der Waals surface area contributed by atoms with Crippen molar-refractivity contribution in [2.24, 2.45) is 0 Å². The molecule has 0 spiro atoms. The first-order valence-electron chi connectivity index (χ1n) is 4.12. The molecule has 96 valence electrons. The molecule has 0 saturated carbocycles. The highest BCUT2D eigenvalue weighted by atomic mass is 35.5. The number of rotatable bonds is 2. The van der Waals surface area contributed by atoms with Crippen molar-refractivity contribution in [3.8, 4) is 0 Å². The summed E-state index contributed by atoms with van der Waals surface area (Å²) in [6.07, 6.45) is -5.63. The fourth-order valence-electron chi connectivity index (χ4n) is 1.18. The topological polar surface area (TPSA) is 20.2 Å². The third-order valence-electron chi connectivity index (χ3n) is 2.08. The van der Waals surface area contributed by atoms with Crippen molar-refractivity contribution in [3.05, 3.63) is 34.9 Å². The molecule has 1 unspecified atom stereocenters. The molecule has 0 aromatic heterocycles. The van der Waals surface area contributed by atoms with Crippen LogP contribution in [-0.4, -0.2) is 16.7 Å². The highest BCUT2D eigenvalue weighted by Crippen LogP contribution is 2.51. The van der Waals surface area contributed by atoms with Crippen LogP contribution in [0.15, 0.2) is 24.3 Å². The lowest BCUT2D eigenvalue weighted by Crippen LogP contribution is -2.53. The van der Waals surface area contributed by atoms with Gasteiger partial charge in [0, 0.05) is 10.6 Å². The summed E-state index contributed by atoms with van der Waals surface area (Å²) in [5.41, 5.74) is -5.55. The molecular formula is C9H5Cl2F5O. The zero-order valence-electron chi connectivity index (χ0n) is 7.90. The maximum absolute atomic E-state index is 12.8. The Kier molecular flexibility index (Phi) is 3.63. The van der Waals surface area contributed by atoms with Gasteiger partial charge in [0.05, 0.1) is 0 Å². The maximum atomic E-state index is 12.8. The van der Waals surface area contributed by atoms with Gasteiger partial charge in [-0.1, -0.05) is 23.7 Å². The van der Waals surface area contributed by atoms with Gasteiger partial charge >= 0.3 is 11.6 Å². The number of halogens is 7. The van der Waals surface area contributed by atoms with Crippen LogP contribution in [0.1, 0.15) is 5.56 Å². The number of hydrogen-bond donors (Lipinski definition) is 1. The van der Waals surface area contributed by atoms with Crippen LogP contribution in [0, 0.1) is 0 Å². The molecule has 0 saturated heterocycles. The van der Waals surface area contributed by atoms with Gasteiger partial charge in [0.1, 0.15) is 0 Å². The third-order valence-corrected chi connectivity index (χ3v) is 2.61. The van der Waals surface area contributed by atoms with E-state index in [0.717, 1.165) is 12.1 Å². The molecule has 0 aliphatic rings. The predicted octanol–water partition coefficient (Wildman–Crippen LogP) is 3.92. The van der Waals surface area contributed by atoms with Gasteiger partial charge in [-0.15, -0.1) is 0 Å². The number of alkyl halides is 6. The number of hydrogen-bond acceptors (Lipinski definition) is 1. The smallest absolute Gasteiger partial charge is 0.371 e. The highest BCUT2D eigenvalue weighted by molar-refractivity contribution is 6.30. The molecule has 0 aliphatic heterocycles. The van der Waals surface area contributed by atoms with Gasteiger partial charge in [0.2, 0.25) is 0 Å². The maximum Gasteiger partial charge on any atom is 0.428 e. The van der Waals surface area contributed by atoms with Crippen molar-refractivity contribution in [1.29, 1.82) is 0 Å². The normalized spacial score (nSPS) is 16.7. The van der Waals surface area contributed by atoms with Crippen molar-refractivity contribution in [2.45, 2.75) is 17.2 Å². The van der Waals surface area contributed by atoms with Crippen molar-refractivity contribution in [1.82, 2.24) is 0 Å². The SMILES string of the molecule is OC(c1ccc(Cl)cc1)(C(F)(F)F)C(F)(F)Cl. The lowest BCUT2D eigenvalue weighted by molar-refractivity contribution is -0.317. The van der Waals surface area contributed by atoms with E-state index in [0.29, 0.717) is 12.1 Å². The molecule has 1 rings (SSSR count). The van der Waals surface area contributed by atoms with E-state index in [1.165, 1.54) is 0 Å². The second-order valence-electron chi connectivity index (χ2n) is 3.21. The molecule has 0 bridgehead atoms. The van der Waals surface area contributed by atoms with Gasteiger partial charge < -0.3 is 5.11 Å². The van der Waals surface area contributed by atoms with Crippen LogP contribution in [-0.2, 0) is 5.60 Å². The van der Waals surface area contributed by atoms with Gasteiger partial charge in [0.25, 0.3) is 5.60 Å². The molecule has 8 heteroatoms. The van der Waals surface area contributed by atoms with E-state index in [-0.39, 0.29) is 5.02 Å². The molecule has 0 radical (unpaired) electrons. The third kappa shape index (κ3) is 2.48. The van der Waals surface area contributed by atoms with E-state index in [4.69, 9.17) is 11.6 Å². The van der Waals surface area contributed by atoms with Crippen LogP contribution in [0.25, 0.3) is 0 Å². The molecule has 1 aromatic rings. The van der Waals surface area contributed by atoms with Gasteiger partial charge in [-0.25, -0.2) is 0 Å². The van der Waals surface area contributed by atoms with E-state index in [1.54, 1.807) is 0 Å². The van der Waals surface area contributed by atoms with E-state index in [2.05, 4.69) is 11.6 Å². The second kappa shape index (κ2) is 4.26. The van der Waals surface area contributed by atoms with Crippen LogP contribution in [0.3, 0.4) is 0 Å². The molecular weight excluding hydrogens is 290 g/mol. The van der Waals surface area contributed by atoms with Crippen LogP contribution in [0.5, 0.6) is 0 Å². The van der Waals surface area contributed by atoms with Crippen molar-refractivity contribution >= 4 is 23.2 Å². The lowest BCUT2D eigenvalue weighted by Gasteiger charge is -2.33. The van der Waals surface area contributed by atoms with Crippen molar-refractivity contribution in [3.63, 3.8) is 0 Å². The minimum atomic E-state index is -5.63. The van der Waals surface area contributed by atoms with E-state index in [9.17, 15) is 27.1 Å². The highest BCUT2D eigenvalue weighted by Gasteiger charge is 2.69. The molecule has 1 atom stereocenters. The lowest BCUT2D eigenvalue weighted by atomic mass is 9.93. The van der Waals surface area contributed by atoms with Gasteiger partial charge in [-0.05, 0) is 23.7 Å². The molecule has 1 nitrogen and oxygen atoms in total. The zero-order chi connectivity index (χ0) is 13.5. The average molecular weight is 295 g/mol. The Morgan fingerprint density at radius 2 is 1.35 bits per heavy atom. The Morgan fingerprint density at radius 3 is 1.65 bits per heavy atom. The number of benzene rings is 1. The standard InChI is InChI=1S/C9H5Cl2F5O/c10-6-3-1-5(2-4-6)7(17,8(11,12)13)9(14,15)16/h1-4,17H. The van der Waals surface area contributed by atoms with Crippen molar-refractivity contribution < 1.29 is 27.1 Å². The van der Waals surface area contributed by atoms with Crippen LogP contribution >= 0.6 is 23.2 Å². The Labute approximate surface area is 103 Å². The van der Waals surface area contributed by atoms with Gasteiger partial charge in [-0.3, -0.25) is 0 Å². The first-order chi connectivity index (χ1) is 7.50. The van der Waals surface area contributed by atoms with Gasteiger partial charge in [-0.2, -0.15) is 22.0 Å². The summed E-state index contributed by atoms with van der Waals surface area (Å²) < 4.78 is 63.2. The Bertz CT molecular complexity index is 381. The molecule has 0 heterocycles. The monoisotopic (exact) mass is 294 g/mol. The Morgan fingerprint density at radius 1 is 0.941 bits per heavy atom. The molecule has 0 fully saturated rings. The summed E-state index contributed by atoms with van der Waals surface area (Å²) in [7, 11) is 0. The summed E-state index contributed by atoms with van der Waals surface area (Å²) in [4.78, 5) is 0. The Balaban J connectivity index is 3.41. The molecule has 1 N–H and O–H groups in total. The number of aliphatic hydroxyl groups is 1. The van der Waals surface area contributed by atoms with Crippen LogP contribution < -0.4 is 0 Å². The summed E-state index contributed by atoms with van der Waals surface area (Å²) >= 11 is 9.77. The minimum absolute atomic E-state index is 0.0381. The fraction of sp³-hybridized carbons (Fsp3) is 0.333. The molecule has 0 amide bonds. The first kappa shape index (κ1) is 14.5. The van der Waals surface area contributed by atoms with Crippen LogP contribution in [0.2, 0.25) is 5.02 Å². The minimum Gasteiger partial charge on any atom is -0.371 e. The largest absolute Gasteiger partial charge is 0.428 e. The molecule has 1 aromatic carbocycles.